The number of ether oxygens (including phenoxy) is 1. The maximum atomic E-state index is 11.2. The summed E-state index contributed by atoms with van der Waals surface area (Å²) in [4.78, 5) is 24.2. The number of carbonyl (C=O) groups excluding carboxylic acids is 2. The maximum absolute atomic E-state index is 11.2. The number of ketones is 1. The Labute approximate surface area is 90.8 Å². The fourth-order valence-electron chi connectivity index (χ4n) is 1.37. The molecule has 5 heteroatoms. The zero-order chi connectivity index (χ0) is 11.8. The van der Waals surface area contributed by atoms with Gasteiger partial charge in [-0.15, -0.1) is 0 Å². The van der Waals surface area contributed by atoms with Gasteiger partial charge in [0.1, 0.15) is 6.61 Å². The van der Waals surface area contributed by atoms with Crippen LogP contribution in [0.5, 0.6) is 0 Å². The van der Waals surface area contributed by atoms with E-state index in [0.29, 0.717) is 13.1 Å². The number of carbonyl (C=O) groups is 2. The predicted molar refractivity (Wildman–Crippen MR) is 57.6 cm³/mol. The minimum atomic E-state index is -0.115. The van der Waals surface area contributed by atoms with Gasteiger partial charge >= 0.3 is 0 Å². The van der Waals surface area contributed by atoms with Crippen LogP contribution in [0.3, 0.4) is 0 Å². The molecule has 1 N–H and O–H groups in total. The SMILES string of the molecule is CNC(=O)C(C)CN(C)CC(=O)COC. The number of likely N-dealkylation sites (N-methyl/N-ethyl adjacent to an activating group) is 1. The minimum absolute atomic E-state index is 0.0129. The van der Waals surface area contributed by atoms with Crippen LogP contribution in [-0.2, 0) is 14.3 Å². The zero-order valence-electron chi connectivity index (χ0n) is 9.87. The van der Waals surface area contributed by atoms with Gasteiger partial charge in [-0.2, -0.15) is 0 Å². The third-order valence-electron chi connectivity index (χ3n) is 2.03. The third-order valence-corrected chi connectivity index (χ3v) is 2.03. The van der Waals surface area contributed by atoms with E-state index in [1.165, 1.54) is 7.11 Å². The van der Waals surface area contributed by atoms with E-state index in [0.717, 1.165) is 0 Å². The van der Waals surface area contributed by atoms with E-state index >= 15 is 0 Å². The van der Waals surface area contributed by atoms with Crippen molar-refractivity contribution in [2.75, 3.05) is 40.9 Å². The Morgan fingerprint density at radius 2 is 2.07 bits per heavy atom. The van der Waals surface area contributed by atoms with Crippen LogP contribution in [0.4, 0.5) is 0 Å². The molecule has 0 spiro atoms. The predicted octanol–water partition coefficient (Wildman–Crippen LogP) is -0.484. The highest BCUT2D eigenvalue weighted by molar-refractivity contribution is 5.82. The molecule has 88 valence electrons. The molecular weight excluding hydrogens is 196 g/mol. The Hall–Kier alpha value is -0.940. The summed E-state index contributed by atoms with van der Waals surface area (Å²) in [7, 11) is 4.91. The number of amides is 1. The van der Waals surface area contributed by atoms with Gasteiger partial charge in [0.2, 0.25) is 5.91 Å². The molecule has 0 fully saturated rings. The Morgan fingerprint density at radius 1 is 1.47 bits per heavy atom. The number of nitrogens with one attached hydrogen (secondary N) is 1. The molecule has 0 heterocycles. The molecule has 1 unspecified atom stereocenters. The second-order valence-electron chi connectivity index (χ2n) is 3.68. The molecule has 15 heavy (non-hydrogen) atoms. The highest BCUT2D eigenvalue weighted by Crippen LogP contribution is 1.97. The third kappa shape index (κ3) is 6.19. The smallest absolute Gasteiger partial charge is 0.223 e. The van der Waals surface area contributed by atoms with Gasteiger partial charge in [-0.3, -0.25) is 14.5 Å². The van der Waals surface area contributed by atoms with Crippen LogP contribution in [0, 0.1) is 5.92 Å². The first-order chi connectivity index (χ1) is 7.01. The average molecular weight is 216 g/mol. The van der Waals surface area contributed by atoms with Crippen LogP contribution in [0.25, 0.3) is 0 Å². The highest BCUT2D eigenvalue weighted by Gasteiger charge is 2.15. The van der Waals surface area contributed by atoms with Crippen LogP contribution in [0.1, 0.15) is 6.92 Å². The first kappa shape index (κ1) is 14.1. The van der Waals surface area contributed by atoms with E-state index in [1.807, 2.05) is 18.9 Å². The molecular formula is C10H20N2O3. The highest BCUT2D eigenvalue weighted by atomic mass is 16.5. The quantitative estimate of drug-likeness (QED) is 0.624. The topological polar surface area (TPSA) is 58.6 Å². The second-order valence-corrected chi connectivity index (χ2v) is 3.68. The Kier molecular flexibility index (Phi) is 6.90. The molecule has 1 atom stereocenters. The Morgan fingerprint density at radius 3 is 2.53 bits per heavy atom. The van der Waals surface area contributed by atoms with Gasteiger partial charge in [0, 0.05) is 26.6 Å². The van der Waals surface area contributed by atoms with E-state index in [9.17, 15) is 9.59 Å². The van der Waals surface area contributed by atoms with Crippen molar-refractivity contribution >= 4 is 11.7 Å². The van der Waals surface area contributed by atoms with Crippen molar-refractivity contribution in [3.8, 4) is 0 Å². The summed E-state index contributed by atoms with van der Waals surface area (Å²) >= 11 is 0. The number of rotatable bonds is 7. The monoisotopic (exact) mass is 216 g/mol. The van der Waals surface area contributed by atoms with Crippen LogP contribution < -0.4 is 5.32 Å². The molecule has 0 aliphatic rings. The van der Waals surface area contributed by atoms with Gasteiger partial charge in [-0.1, -0.05) is 6.92 Å². The van der Waals surface area contributed by atoms with Gasteiger partial charge in [-0.05, 0) is 7.05 Å². The van der Waals surface area contributed by atoms with E-state index in [4.69, 9.17) is 4.74 Å². The summed E-state index contributed by atoms with van der Waals surface area (Å²) in [6.45, 7) is 2.83. The van der Waals surface area contributed by atoms with Crippen LogP contribution in [0.2, 0.25) is 0 Å². The number of hydrogen-bond acceptors (Lipinski definition) is 4. The molecule has 0 saturated heterocycles. The van der Waals surface area contributed by atoms with Crippen LogP contribution >= 0.6 is 0 Å². The molecule has 0 aromatic carbocycles. The summed E-state index contributed by atoms with van der Waals surface area (Å²) in [6, 6.07) is 0. The molecule has 0 saturated carbocycles. The molecule has 0 aromatic rings. The summed E-state index contributed by atoms with van der Waals surface area (Å²) in [5.74, 6) is -0.111. The molecule has 0 aliphatic heterocycles. The van der Waals surface area contributed by atoms with Gasteiger partial charge in [-0.25, -0.2) is 0 Å². The van der Waals surface area contributed by atoms with Gasteiger partial charge in [0.25, 0.3) is 0 Å². The lowest BCUT2D eigenvalue weighted by Gasteiger charge is -2.19. The van der Waals surface area contributed by atoms with E-state index in [-0.39, 0.29) is 24.2 Å². The van der Waals surface area contributed by atoms with E-state index in [2.05, 4.69) is 5.32 Å². The van der Waals surface area contributed by atoms with Gasteiger partial charge in [0.05, 0.1) is 6.54 Å². The van der Waals surface area contributed by atoms with E-state index < -0.39 is 0 Å². The summed E-state index contributed by atoms with van der Waals surface area (Å²) < 4.78 is 4.72. The van der Waals surface area contributed by atoms with Crippen LogP contribution in [0.15, 0.2) is 0 Å². The van der Waals surface area contributed by atoms with Crippen molar-refractivity contribution in [3.05, 3.63) is 0 Å². The van der Waals surface area contributed by atoms with Crippen molar-refractivity contribution in [1.29, 1.82) is 0 Å². The normalized spacial score (nSPS) is 12.6. The number of methoxy groups -OCH3 is 1. The van der Waals surface area contributed by atoms with Crippen molar-refractivity contribution in [1.82, 2.24) is 10.2 Å². The zero-order valence-corrected chi connectivity index (χ0v) is 9.87. The molecule has 1 amide bonds. The number of nitrogens with zero attached hydrogens (tertiary/aromatic N) is 1. The van der Waals surface area contributed by atoms with Crippen LogP contribution in [-0.4, -0.2) is 57.5 Å². The lowest BCUT2D eigenvalue weighted by Crippen LogP contribution is -2.37. The second kappa shape index (κ2) is 7.36. The lowest BCUT2D eigenvalue weighted by molar-refractivity contribution is -0.126. The standard InChI is InChI=1S/C10H20N2O3/c1-8(10(14)11-2)5-12(3)6-9(13)7-15-4/h8H,5-7H2,1-4H3,(H,11,14). The van der Waals surface area contributed by atoms with Crippen molar-refractivity contribution in [3.63, 3.8) is 0 Å². The lowest BCUT2D eigenvalue weighted by atomic mass is 10.1. The first-order valence-electron chi connectivity index (χ1n) is 4.92. The Balaban J connectivity index is 3.87. The van der Waals surface area contributed by atoms with Gasteiger partial charge < -0.3 is 10.1 Å². The molecule has 0 radical (unpaired) electrons. The largest absolute Gasteiger partial charge is 0.377 e. The summed E-state index contributed by atoms with van der Waals surface area (Å²) in [6.07, 6.45) is 0. The maximum Gasteiger partial charge on any atom is 0.223 e. The molecule has 5 nitrogen and oxygen atoms in total. The fourth-order valence-corrected chi connectivity index (χ4v) is 1.37. The minimum Gasteiger partial charge on any atom is -0.377 e. The van der Waals surface area contributed by atoms with Crippen molar-refractivity contribution < 1.29 is 14.3 Å². The molecule has 0 aromatic heterocycles. The first-order valence-corrected chi connectivity index (χ1v) is 4.92. The van der Waals surface area contributed by atoms with Crippen molar-refractivity contribution in [2.24, 2.45) is 5.92 Å². The van der Waals surface area contributed by atoms with Crippen molar-refractivity contribution in [2.45, 2.75) is 6.92 Å². The average Bonchev–Trinajstić information content (AvgIpc) is 2.16. The van der Waals surface area contributed by atoms with Gasteiger partial charge in [0.15, 0.2) is 5.78 Å². The summed E-state index contributed by atoms with van der Waals surface area (Å²) in [5.41, 5.74) is 0. The van der Waals surface area contributed by atoms with E-state index in [1.54, 1.807) is 7.05 Å². The molecule has 0 bridgehead atoms. The fraction of sp³-hybridized carbons (Fsp3) is 0.800. The molecule has 0 rings (SSSR count). The Bertz CT molecular complexity index is 219. The number of Topliss-reactive ketones (excluding diaryl/α,β-unsaturated/α-hetero) is 1. The number of hydrogen-bond donors (Lipinski definition) is 1. The summed E-state index contributed by atoms with van der Waals surface area (Å²) in [5, 5.41) is 2.57. The molecule has 0 aliphatic carbocycles.